The minimum atomic E-state index is -1.82. The molecule has 1 aliphatic rings. The van der Waals surface area contributed by atoms with Crippen LogP contribution in [0.5, 0.6) is 17.2 Å². The molecule has 10 nitrogen and oxygen atoms in total. The Labute approximate surface area is 226 Å². The molecule has 0 bridgehead atoms. The lowest BCUT2D eigenvalue weighted by Crippen LogP contribution is -2.48. The Balaban J connectivity index is 0.000000631. The van der Waals surface area contributed by atoms with Crippen molar-refractivity contribution in [2.75, 3.05) is 47.5 Å². The van der Waals surface area contributed by atoms with Crippen molar-refractivity contribution in [2.24, 2.45) is 0 Å². The van der Waals surface area contributed by atoms with Gasteiger partial charge < -0.3 is 29.3 Å². The molecular weight excluding hydrogens is 504 g/mol. The van der Waals surface area contributed by atoms with Crippen LogP contribution < -0.4 is 14.2 Å². The van der Waals surface area contributed by atoms with Crippen LogP contribution in [0.3, 0.4) is 0 Å². The van der Waals surface area contributed by atoms with E-state index in [-0.39, 0.29) is 5.91 Å². The summed E-state index contributed by atoms with van der Waals surface area (Å²) in [5, 5.41) is 14.8. The van der Waals surface area contributed by atoms with E-state index in [2.05, 4.69) is 17.0 Å². The molecule has 1 fully saturated rings. The summed E-state index contributed by atoms with van der Waals surface area (Å²) in [6, 6.07) is 22.0. The van der Waals surface area contributed by atoms with E-state index in [1.807, 2.05) is 59.5 Å². The molecule has 3 aromatic rings. The van der Waals surface area contributed by atoms with Crippen molar-refractivity contribution in [1.82, 2.24) is 9.80 Å². The van der Waals surface area contributed by atoms with E-state index in [1.54, 1.807) is 21.3 Å². The lowest BCUT2D eigenvalue weighted by atomic mass is 10.0. The van der Waals surface area contributed by atoms with Gasteiger partial charge in [-0.2, -0.15) is 0 Å². The van der Waals surface area contributed by atoms with Crippen molar-refractivity contribution in [3.05, 3.63) is 77.9 Å². The molecule has 39 heavy (non-hydrogen) atoms. The van der Waals surface area contributed by atoms with Gasteiger partial charge in [0.05, 0.1) is 21.3 Å². The first kappa shape index (κ1) is 29.0. The average molecular weight is 537 g/mol. The zero-order valence-corrected chi connectivity index (χ0v) is 22.1. The second kappa shape index (κ2) is 13.8. The van der Waals surface area contributed by atoms with Crippen molar-refractivity contribution >= 4 is 17.8 Å². The van der Waals surface area contributed by atoms with Crippen LogP contribution in [0.4, 0.5) is 0 Å². The van der Waals surface area contributed by atoms with Gasteiger partial charge >= 0.3 is 11.9 Å². The van der Waals surface area contributed by atoms with Crippen molar-refractivity contribution in [2.45, 2.75) is 6.54 Å². The number of carboxylic acids is 2. The first-order valence-corrected chi connectivity index (χ1v) is 12.2. The molecule has 0 aliphatic carbocycles. The summed E-state index contributed by atoms with van der Waals surface area (Å²) in [5.74, 6) is -1.63. The van der Waals surface area contributed by atoms with Gasteiger partial charge in [-0.15, -0.1) is 0 Å². The number of carbonyl (C=O) groups is 3. The molecule has 0 spiro atoms. The van der Waals surface area contributed by atoms with Gasteiger partial charge in [-0.3, -0.25) is 9.69 Å². The highest BCUT2D eigenvalue weighted by atomic mass is 16.5. The van der Waals surface area contributed by atoms with Gasteiger partial charge in [0, 0.05) is 43.9 Å². The first-order chi connectivity index (χ1) is 18.8. The number of nitrogens with zero attached hydrogens (tertiary/aromatic N) is 2. The van der Waals surface area contributed by atoms with E-state index in [4.69, 9.17) is 34.0 Å². The molecule has 0 unspecified atom stereocenters. The SMILES string of the molecule is COc1ccc(CN2CCN(C(=O)c3ccc(-c4ccccc4)cc3)CC2)c(OC)c1OC.O=C(O)C(=O)O. The number of hydrogen-bond acceptors (Lipinski definition) is 7. The second-order valence-corrected chi connectivity index (χ2v) is 8.62. The standard InChI is InChI=1S/C27H30N2O4.C2H2O4/c1-31-24-14-13-23(25(32-2)26(24)33-3)19-28-15-17-29(18-16-28)27(30)22-11-9-21(10-12-22)20-7-5-4-6-8-20;3-1(4)2(5)6/h4-14H,15-19H2,1-3H3;(H,3,4)(H,5,6). The molecule has 1 amide bonds. The van der Waals surface area contributed by atoms with Crippen LogP contribution in [-0.2, 0) is 16.1 Å². The van der Waals surface area contributed by atoms with Gasteiger partial charge in [-0.25, -0.2) is 9.59 Å². The van der Waals surface area contributed by atoms with Crippen LogP contribution in [0, 0.1) is 0 Å². The highest BCUT2D eigenvalue weighted by Crippen LogP contribution is 2.40. The summed E-state index contributed by atoms with van der Waals surface area (Å²) in [5.41, 5.74) is 4.02. The van der Waals surface area contributed by atoms with Crippen LogP contribution in [0.25, 0.3) is 11.1 Å². The fraction of sp³-hybridized carbons (Fsp3) is 0.276. The summed E-state index contributed by atoms with van der Waals surface area (Å²) >= 11 is 0. The molecule has 0 aromatic heterocycles. The number of aliphatic carboxylic acids is 2. The predicted molar refractivity (Wildman–Crippen MR) is 144 cm³/mol. The molecule has 0 saturated carbocycles. The quantitative estimate of drug-likeness (QED) is 0.437. The Kier molecular flexibility index (Phi) is 10.3. The molecule has 206 valence electrons. The van der Waals surface area contributed by atoms with Crippen molar-refractivity contribution in [3.8, 4) is 28.4 Å². The number of hydrogen-bond donors (Lipinski definition) is 2. The largest absolute Gasteiger partial charge is 0.493 e. The second-order valence-electron chi connectivity index (χ2n) is 8.62. The number of rotatable bonds is 7. The maximum Gasteiger partial charge on any atom is 0.414 e. The third kappa shape index (κ3) is 7.48. The van der Waals surface area contributed by atoms with Crippen LogP contribution in [0.15, 0.2) is 66.7 Å². The number of carbonyl (C=O) groups excluding carboxylic acids is 1. The molecule has 3 aromatic carbocycles. The van der Waals surface area contributed by atoms with E-state index in [9.17, 15) is 4.79 Å². The number of amides is 1. The smallest absolute Gasteiger partial charge is 0.414 e. The van der Waals surface area contributed by atoms with Crippen LogP contribution in [-0.4, -0.2) is 85.4 Å². The number of ether oxygens (including phenoxy) is 3. The van der Waals surface area contributed by atoms with E-state index >= 15 is 0 Å². The van der Waals surface area contributed by atoms with Gasteiger partial charge in [-0.1, -0.05) is 48.5 Å². The minimum absolute atomic E-state index is 0.0814. The molecule has 4 rings (SSSR count). The predicted octanol–water partition coefficient (Wildman–Crippen LogP) is 3.49. The summed E-state index contributed by atoms with van der Waals surface area (Å²) in [7, 11) is 4.86. The van der Waals surface area contributed by atoms with E-state index in [1.165, 1.54) is 0 Å². The molecule has 10 heteroatoms. The summed E-state index contributed by atoms with van der Waals surface area (Å²) in [4.78, 5) is 35.5. The summed E-state index contributed by atoms with van der Waals surface area (Å²) < 4.78 is 16.5. The highest BCUT2D eigenvalue weighted by molar-refractivity contribution is 6.27. The number of methoxy groups -OCH3 is 3. The first-order valence-electron chi connectivity index (χ1n) is 12.2. The third-order valence-corrected chi connectivity index (χ3v) is 6.26. The zero-order valence-electron chi connectivity index (χ0n) is 22.1. The Morgan fingerprint density at radius 2 is 1.26 bits per heavy atom. The average Bonchev–Trinajstić information content (AvgIpc) is 2.97. The molecule has 2 N–H and O–H groups in total. The van der Waals surface area contributed by atoms with Crippen LogP contribution in [0.2, 0.25) is 0 Å². The van der Waals surface area contributed by atoms with Gasteiger partial charge in [0.15, 0.2) is 11.5 Å². The van der Waals surface area contributed by atoms with Gasteiger partial charge in [0.2, 0.25) is 5.75 Å². The normalized spacial score (nSPS) is 13.1. The summed E-state index contributed by atoms with van der Waals surface area (Å²) in [6.07, 6.45) is 0. The van der Waals surface area contributed by atoms with Crippen LogP contribution >= 0.6 is 0 Å². The van der Waals surface area contributed by atoms with Gasteiger partial charge in [-0.05, 0) is 29.3 Å². The van der Waals surface area contributed by atoms with Crippen molar-refractivity contribution in [3.63, 3.8) is 0 Å². The zero-order chi connectivity index (χ0) is 28.4. The fourth-order valence-electron chi connectivity index (χ4n) is 4.26. The minimum Gasteiger partial charge on any atom is -0.493 e. The van der Waals surface area contributed by atoms with Gasteiger partial charge in [0.25, 0.3) is 5.91 Å². The van der Waals surface area contributed by atoms with Crippen LogP contribution in [0.1, 0.15) is 15.9 Å². The van der Waals surface area contributed by atoms with E-state index in [0.717, 1.165) is 41.9 Å². The molecule has 1 saturated heterocycles. The lowest BCUT2D eigenvalue weighted by molar-refractivity contribution is -0.159. The highest BCUT2D eigenvalue weighted by Gasteiger charge is 2.24. The molecular formula is C29H32N2O8. The van der Waals surface area contributed by atoms with E-state index < -0.39 is 11.9 Å². The Bertz CT molecular complexity index is 1260. The van der Waals surface area contributed by atoms with E-state index in [0.29, 0.717) is 30.3 Å². The Hall–Kier alpha value is -4.57. The number of carboxylic acid groups (broad SMARTS) is 2. The van der Waals surface area contributed by atoms with Gasteiger partial charge in [0.1, 0.15) is 0 Å². The lowest BCUT2D eigenvalue weighted by Gasteiger charge is -2.35. The Morgan fingerprint density at radius 3 is 1.77 bits per heavy atom. The molecule has 1 heterocycles. The third-order valence-electron chi connectivity index (χ3n) is 6.26. The molecule has 1 aliphatic heterocycles. The summed E-state index contributed by atoms with van der Waals surface area (Å²) in [6.45, 7) is 3.69. The van der Waals surface area contributed by atoms with Crippen molar-refractivity contribution < 1.29 is 38.8 Å². The van der Waals surface area contributed by atoms with Crippen molar-refractivity contribution in [1.29, 1.82) is 0 Å². The fourth-order valence-corrected chi connectivity index (χ4v) is 4.26. The molecule has 0 atom stereocenters. The maximum atomic E-state index is 13.0. The Morgan fingerprint density at radius 1 is 0.692 bits per heavy atom. The number of piperazine rings is 1. The molecule has 0 radical (unpaired) electrons. The topological polar surface area (TPSA) is 126 Å². The number of benzene rings is 3. The maximum absolute atomic E-state index is 13.0. The monoisotopic (exact) mass is 536 g/mol.